The van der Waals surface area contributed by atoms with Crippen LogP contribution in [0.5, 0.6) is 0 Å². The number of halogens is 2. The second-order valence-electron chi connectivity index (χ2n) is 0. The molecule has 19 heavy (non-hydrogen) atoms. The van der Waals surface area contributed by atoms with E-state index >= 15 is 0 Å². The quantitative estimate of drug-likeness (QED) is 0.255. The van der Waals surface area contributed by atoms with Gasteiger partial charge in [-0.05, 0) is 0 Å². The maximum Gasteiger partial charge on any atom is 3.00 e. The third kappa shape index (κ3) is 651. The van der Waals surface area contributed by atoms with Gasteiger partial charge in [0.05, 0.1) is 0 Å². The van der Waals surface area contributed by atoms with Crippen molar-refractivity contribution in [2.75, 3.05) is 0 Å². The summed E-state index contributed by atoms with van der Waals surface area (Å²) in [7, 11) is 0. The van der Waals surface area contributed by atoms with Crippen LogP contribution in [0.4, 0.5) is 0 Å². The van der Waals surface area contributed by atoms with Gasteiger partial charge < -0.3 is 95.8 Å². The summed E-state index contributed by atoms with van der Waals surface area (Å²) < 4.78 is 0. The van der Waals surface area contributed by atoms with Crippen molar-refractivity contribution in [3.05, 3.63) is 39.4 Å². The molecule has 0 aliphatic rings. The van der Waals surface area contributed by atoms with Crippen LogP contribution in [-0.4, -0.2) is 0 Å². The molecule has 0 amide bonds. The summed E-state index contributed by atoms with van der Waals surface area (Å²) in [6.45, 7) is 28.5. The summed E-state index contributed by atoms with van der Waals surface area (Å²) in [6, 6.07) is 0. The molecule has 0 rings (SSSR count). The summed E-state index contributed by atoms with van der Waals surface area (Å²) in [5, 5.41) is 37.5. The second kappa shape index (κ2) is 719. The van der Waals surface area contributed by atoms with E-state index in [-0.39, 0.29) is 215 Å². The Morgan fingerprint density at radius 1 is 0.368 bits per heavy atom. The molecule has 0 spiro atoms. The average molecular weight is 469 g/mol. The van der Waals surface area contributed by atoms with E-state index in [1.165, 1.54) is 0 Å². The third-order valence-electron chi connectivity index (χ3n) is 0. The monoisotopic (exact) mass is 466 g/mol. The summed E-state index contributed by atoms with van der Waals surface area (Å²) in [5.74, 6) is 0. The number of nitrogens with zero attached hydrogens (tertiary/aromatic N) is 6. The zero-order valence-corrected chi connectivity index (χ0v) is 25.4. The molecule has 6 nitrogen and oxygen atoms in total. The van der Waals surface area contributed by atoms with E-state index < -0.39 is 0 Å². The molecule has 0 aromatic carbocycles. The van der Waals surface area contributed by atoms with Crippen LogP contribution in [0.3, 0.4) is 0 Å². The molecule has 13 heteroatoms. The first-order valence-corrected chi connectivity index (χ1v) is 1.34. The van der Waals surface area contributed by atoms with E-state index in [0.717, 1.165) is 0 Å². The zero-order chi connectivity index (χ0) is 12.0. The van der Waals surface area contributed by atoms with Gasteiger partial charge in [0.2, 0.25) is 0 Å². The van der Waals surface area contributed by atoms with Crippen molar-refractivity contribution in [1.82, 2.24) is 0 Å². The SMILES string of the molecule is [C-]#N.[C-]#N.[C-]#N.[C-]#N.[C-]#N.[C-]#N.[Cl-].[Cl-].[Co+3].[K+].[K+].[K+].[Zn+2]. The predicted octanol–water partition coefficient (Wildman–Crippen LogP) is -14.4. The number of hydrogen-bond acceptors (Lipinski definition) is 6. The van der Waals surface area contributed by atoms with Gasteiger partial charge in [-0.1, -0.05) is 0 Å². The van der Waals surface area contributed by atoms with Gasteiger partial charge >= 0.3 is 190 Å². The van der Waals surface area contributed by atoms with Crippen molar-refractivity contribution in [2.45, 2.75) is 0 Å². The van der Waals surface area contributed by atoms with Gasteiger partial charge in [0, 0.05) is 0 Å². The van der Waals surface area contributed by atoms with E-state index in [4.69, 9.17) is 71.0 Å². The molecule has 0 fully saturated rings. The van der Waals surface area contributed by atoms with Gasteiger partial charge in [-0.3, -0.25) is 0 Å². The van der Waals surface area contributed by atoms with Gasteiger partial charge in [-0.25, -0.2) is 0 Å². The first kappa shape index (κ1) is 115. The summed E-state index contributed by atoms with van der Waals surface area (Å²) in [4.78, 5) is 0. The Labute approximate surface area is 278 Å². The Kier molecular flexibility index (Phi) is 4340. The fraction of sp³-hybridized carbons (Fsp3) is 0. The van der Waals surface area contributed by atoms with Crippen LogP contribution in [0.2, 0.25) is 0 Å². The van der Waals surface area contributed by atoms with E-state index in [9.17, 15) is 0 Å². The Balaban J connectivity index is -0.00000000193. The summed E-state index contributed by atoms with van der Waals surface area (Å²) in [5.41, 5.74) is 0. The third-order valence-corrected chi connectivity index (χ3v) is 0. The molecule has 0 aromatic heterocycles. The van der Waals surface area contributed by atoms with Crippen LogP contribution in [0, 0.1) is 71.0 Å². The minimum atomic E-state index is 0. The van der Waals surface area contributed by atoms with E-state index in [1.807, 2.05) is 0 Å². The normalized spacial score (nSPS) is 0.632. The first-order chi connectivity index (χ1) is 6.00. The van der Waals surface area contributed by atoms with Gasteiger partial charge in [0.15, 0.2) is 0 Å². The van der Waals surface area contributed by atoms with Crippen LogP contribution in [-0.2, 0) is 36.3 Å². The smallest absolute Gasteiger partial charge is 1.00 e. The molecule has 0 saturated heterocycles. The molecule has 0 aliphatic carbocycles. The second-order valence-corrected chi connectivity index (χ2v) is 0. The summed E-state index contributed by atoms with van der Waals surface area (Å²) in [6.07, 6.45) is 0. The Bertz CT molecular complexity index is 118. The molecular formula is C6Cl2CoK3N6Zn. The minimum Gasteiger partial charge on any atom is -1.00 e. The van der Waals surface area contributed by atoms with Crippen molar-refractivity contribution in [3.63, 3.8) is 0 Å². The number of rotatable bonds is 0. The molecule has 0 bridgehead atoms. The topological polar surface area (TPSA) is 143 Å². The predicted molar refractivity (Wildman–Crippen MR) is 29.8 cm³/mol. The largest absolute Gasteiger partial charge is 3.00 e. The average Bonchev–Trinajstić information content (AvgIpc) is 2.33. The summed E-state index contributed by atoms with van der Waals surface area (Å²) >= 11 is 0. The molecule has 0 aliphatic heterocycles. The fourth-order valence-electron chi connectivity index (χ4n) is 0. The zero-order valence-electron chi connectivity index (χ0n) is 10.5. The maximum absolute atomic E-state index is 6.25. The van der Waals surface area contributed by atoms with Crippen molar-refractivity contribution in [1.29, 1.82) is 31.6 Å². The van der Waals surface area contributed by atoms with Crippen LogP contribution >= 0.6 is 0 Å². The first-order valence-electron chi connectivity index (χ1n) is 1.34. The molecule has 0 N–H and O–H groups in total. The van der Waals surface area contributed by atoms with E-state index in [0.29, 0.717) is 0 Å². The molecule has 0 atom stereocenters. The number of hydrogen-bond donors (Lipinski definition) is 0. The van der Waals surface area contributed by atoms with Crippen LogP contribution in [0.1, 0.15) is 0 Å². The van der Waals surface area contributed by atoms with E-state index in [2.05, 4.69) is 0 Å². The Morgan fingerprint density at radius 3 is 0.368 bits per heavy atom. The Hall–Kier alpha value is 3.56. The van der Waals surface area contributed by atoms with E-state index in [1.54, 1.807) is 0 Å². The molecular weight excluding hydrogens is 469 g/mol. The van der Waals surface area contributed by atoms with Gasteiger partial charge in [-0.2, -0.15) is 0 Å². The van der Waals surface area contributed by atoms with Crippen molar-refractivity contribution in [2.24, 2.45) is 0 Å². The van der Waals surface area contributed by atoms with Gasteiger partial charge in [0.1, 0.15) is 0 Å². The molecule has 0 heterocycles. The molecule has 0 unspecified atom stereocenters. The van der Waals surface area contributed by atoms with Gasteiger partial charge in [0.25, 0.3) is 0 Å². The van der Waals surface area contributed by atoms with Crippen molar-refractivity contribution in [3.8, 4) is 0 Å². The molecule has 0 saturated carbocycles. The van der Waals surface area contributed by atoms with Gasteiger partial charge in [-0.15, -0.1) is 0 Å². The van der Waals surface area contributed by atoms with Crippen molar-refractivity contribution < 1.29 is 215 Å². The fourth-order valence-corrected chi connectivity index (χ4v) is 0. The molecule has 0 radical (unpaired) electrons. The maximum atomic E-state index is 6.25. The van der Waals surface area contributed by atoms with Crippen LogP contribution in [0.15, 0.2) is 0 Å². The minimum absolute atomic E-state index is 0. The van der Waals surface area contributed by atoms with Crippen LogP contribution in [0.25, 0.3) is 0 Å². The standard InChI is InChI=1S/6CN.2ClH.Co.3K.Zn/c6*1-2;;;;;;;/h;;;;;;2*1H;;;;;/q6*-1;;;+3;3*+1;+2/p-2. The molecule has 82 valence electrons. The van der Waals surface area contributed by atoms with Crippen molar-refractivity contribution >= 4 is 0 Å². The molecule has 0 aromatic rings. The Morgan fingerprint density at radius 2 is 0.368 bits per heavy atom. The van der Waals surface area contributed by atoms with Crippen LogP contribution < -0.4 is 179 Å².